The van der Waals surface area contributed by atoms with Gasteiger partial charge >= 0.3 is 0 Å². The molecule has 272 valence electrons. The van der Waals surface area contributed by atoms with Gasteiger partial charge in [-0.1, -0.05) is 86.0 Å². The Morgan fingerprint density at radius 1 is 0.923 bits per heavy atom. The van der Waals surface area contributed by atoms with Gasteiger partial charge in [0.25, 0.3) is 5.91 Å². The number of carbonyl (C=O) groups is 4. The summed E-state index contributed by atoms with van der Waals surface area (Å²) in [4.78, 5) is 61.2. The molecule has 4 amide bonds. The minimum Gasteiger partial charge on any atom is -0.352 e. The van der Waals surface area contributed by atoms with Crippen molar-refractivity contribution in [3.63, 3.8) is 0 Å². The number of nitrogens with one attached hydrogen (secondary N) is 4. The number of rotatable bonds is 10. The molecule has 11 nitrogen and oxygen atoms in total. The lowest BCUT2D eigenvalue weighted by Gasteiger charge is -2.44. The van der Waals surface area contributed by atoms with Crippen LogP contribution in [-0.4, -0.2) is 89.6 Å². The fraction of sp³-hybridized carbons (Fsp3) is 0.439. The molecule has 0 aromatic heterocycles. The molecule has 4 aliphatic rings. The monoisotopic (exact) mass is 703 g/mol. The topological polar surface area (TPSA) is 138 Å². The van der Waals surface area contributed by atoms with Crippen molar-refractivity contribution in [2.75, 3.05) is 31.2 Å². The first-order valence-electron chi connectivity index (χ1n) is 18.7. The second-order valence-electron chi connectivity index (χ2n) is 14.7. The maximum Gasteiger partial charge on any atom is 0.250 e. The number of carbonyl (C=O) groups excluding carboxylic acids is 4. The van der Waals surface area contributed by atoms with Crippen molar-refractivity contribution in [1.82, 2.24) is 25.8 Å². The lowest BCUT2D eigenvalue weighted by molar-refractivity contribution is -0.141. The second kappa shape index (κ2) is 15.7. The Kier molecular flexibility index (Phi) is 10.7. The lowest BCUT2D eigenvalue weighted by Crippen LogP contribution is -2.60. The number of hydrogen-bond donors (Lipinski definition) is 4. The molecule has 2 saturated heterocycles. The van der Waals surface area contributed by atoms with Gasteiger partial charge in [-0.15, -0.1) is 0 Å². The SMILES string of the molecule is N=Cc1cccc(C[C@@H](NC(=O)[C@H]2Cc3ccccc3CN2)C(=O)N2CCC3(CC2)C(=O)N(CC(=O)NC2CCCCC2)CN3c2ccccc2)c1. The molecule has 3 fully saturated rings. The number of hydrogen-bond acceptors (Lipinski definition) is 7. The second-order valence-corrected chi connectivity index (χ2v) is 14.7. The molecule has 2 atom stereocenters. The minimum atomic E-state index is -0.889. The van der Waals surface area contributed by atoms with E-state index >= 15 is 0 Å². The van der Waals surface area contributed by atoms with Gasteiger partial charge in [0.1, 0.15) is 18.1 Å². The summed E-state index contributed by atoms with van der Waals surface area (Å²) >= 11 is 0. The third kappa shape index (κ3) is 7.60. The third-order valence-electron chi connectivity index (χ3n) is 11.4. The van der Waals surface area contributed by atoms with E-state index in [1.807, 2.05) is 72.8 Å². The van der Waals surface area contributed by atoms with Crippen LogP contribution in [0.15, 0.2) is 78.9 Å². The number of likely N-dealkylation sites (tertiary alicyclic amines) is 1. The highest BCUT2D eigenvalue weighted by Gasteiger charge is 2.54. The van der Waals surface area contributed by atoms with Crippen LogP contribution in [0, 0.1) is 5.41 Å². The summed E-state index contributed by atoms with van der Waals surface area (Å²) in [6, 6.07) is 24.2. The Labute approximate surface area is 305 Å². The first kappa shape index (κ1) is 35.4. The molecule has 3 aromatic rings. The van der Waals surface area contributed by atoms with E-state index in [-0.39, 0.29) is 42.6 Å². The Bertz CT molecular complexity index is 1780. The molecule has 1 aliphatic carbocycles. The quantitative estimate of drug-likeness (QED) is 0.239. The Balaban J connectivity index is 1.07. The number of nitrogens with zero attached hydrogens (tertiary/aromatic N) is 3. The predicted octanol–water partition coefficient (Wildman–Crippen LogP) is 3.54. The lowest BCUT2D eigenvalue weighted by atomic mass is 9.85. The molecule has 0 radical (unpaired) electrons. The Morgan fingerprint density at radius 3 is 2.40 bits per heavy atom. The molecular weight excluding hydrogens is 654 g/mol. The van der Waals surface area contributed by atoms with Crippen LogP contribution in [0.25, 0.3) is 0 Å². The zero-order valence-corrected chi connectivity index (χ0v) is 29.7. The highest BCUT2D eigenvalue weighted by atomic mass is 16.2. The largest absolute Gasteiger partial charge is 0.352 e. The van der Waals surface area contributed by atoms with E-state index in [1.54, 1.807) is 9.80 Å². The molecule has 3 heterocycles. The summed E-state index contributed by atoms with van der Waals surface area (Å²) in [6.45, 7) is 1.55. The molecule has 4 N–H and O–H groups in total. The van der Waals surface area contributed by atoms with Crippen molar-refractivity contribution in [2.45, 2.75) is 88.0 Å². The summed E-state index contributed by atoms with van der Waals surface area (Å²) in [5.41, 5.74) is 3.87. The summed E-state index contributed by atoms with van der Waals surface area (Å²) in [5.74, 6) is -0.633. The van der Waals surface area contributed by atoms with Gasteiger partial charge in [0, 0.05) is 44.0 Å². The van der Waals surface area contributed by atoms with Crippen molar-refractivity contribution in [1.29, 1.82) is 5.41 Å². The van der Waals surface area contributed by atoms with E-state index in [1.165, 1.54) is 18.2 Å². The van der Waals surface area contributed by atoms with E-state index in [0.29, 0.717) is 45.6 Å². The van der Waals surface area contributed by atoms with E-state index in [9.17, 15) is 19.2 Å². The van der Waals surface area contributed by atoms with Crippen LogP contribution in [0.5, 0.6) is 0 Å². The van der Waals surface area contributed by atoms with Gasteiger partial charge in [0.05, 0.1) is 12.7 Å². The molecule has 0 bridgehead atoms. The smallest absolute Gasteiger partial charge is 0.250 e. The highest BCUT2D eigenvalue weighted by Crippen LogP contribution is 2.39. The van der Waals surface area contributed by atoms with Crippen LogP contribution < -0.4 is 20.9 Å². The van der Waals surface area contributed by atoms with Gasteiger partial charge in [0.2, 0.25) is 17.7 Å². The normalized spacial score (nSPS) is 20.7. The molecule has 0 unspecified atom stereocenters. The van der Waals surface area contributed by atoms with Gasteiger partial charge < -0.3 is 36.1 Å². The number of piperidine rings is 1. The van der Waals surface area contributed by atoms with Gasteiger partial charge in [-0.05, 0) is 66.5 Å². The number of fused-ring (bicyclic) bond motifs is 1. The molecule has 3 aromatic carbocycles. The standard InChI is InChI=1S/C41H49N7O4/c42-25-30-11-9-10-29(22-30)23-36(45-38(50)35-24-31-12-7-8-13-32(31)26-43-35)39(51)46-20-18-41(19-21-46)40(52)47(28-48(41)34-16-5-2-6-17-34)27-37(49)44-33-14-3-1-4-15-33/h2,5-13,16-17,22,25,33,35-36,42-43H,1,3-4,14-15,18-21,23-24,26-28H2,(H,44,49)(H,45,50)/t35-,36-/m1/s1. The molecule has 3 aliphatic heterocycles. The van der Waals surface area contributed by atoms with Gasteiger partial charge in [-0.3, -0.25) is 19.2 Å². The third-order valence-corrected chi connectivity index (χ3v) is 11.4. The van der Waals surface area contributed by atoms with Crippen LogP contribution >= 0.6 is 0 Å². The molecule has 1 spiro atoms. The number of anilines is 1. The Morgan fingerprint density at radius 2 is 1.65 bits per heavy atom. The maximum atomic E-state index is 14.4. The van der Waals surface area contributed by atoms with Crippen molar-refractivity contribution < 1.29 is 19.2 Å². The van der Waals surface area contributed by atoms with E-state index in [0.717, 1.165) is 48.1 Å². The first-order valence-corrected chi connectivity index (χ1v) is 18.7. The van der Waals surface area contributed by atoms with Crippen LogP contribution in [0.1, 0.15) is 67.2 Å². The summed E-state index contributed by atoms with van der Waals surface area (Å²) in [7, 11) is 0. The molecule has 7 rings (SSSR count). The number of para-hydroxylation sites is 1. The fourth-order valence-corrected chi connectivity index (χ4v) is 8.49. The van der Waals surface area contributed by atoms with Crippen LogP contribution in [0.3, 0.4) is 0 Å². The van der Waals surface area contributed by atoms with E-state index < -0.39 is 17.6 Å². The average Bonchev–Trinajstić information content (AvgIpc) is 3.44. The van der Waals surface area contributed by atoms with Crippen molar-refractivity contribution in [2.24, 2.45) is 0 Å². The zero-order valence-electron chi connectivity index (χ0n) is 29.7. The molecule has 52 heavy (non-hydrogen) atoms. The fourth-order valence-electron chi connectivity index (χ4n) is 8.49. The molecule has 1 saturated carbocycles. The highest BCUT2D eigenvalue weighted by molar-refractivity contribution is 5.97. The van der Waals surface area contributed by atoms with Crippen molar-refractivity contribution >= 4 is 35.5 Å². The first-order chi connectivity index (χ1) is 25.3. The Hall–Kier alpha value is -5.03. The summed E-state index contributed by atoms with van der Waals surface area (Å²) < 4.78 is 0. The van der Waals surface area contributed by atoms with Crippen molar-refractivity contribution in [3.05, 3.63) is 101 Å². The van der Waals surface area contributed by atoms with Crippen LogP contribution in [0.2, 0.25) is 0 Å². The average molecular weight is 704 g/mol. The van der Waals surface area contributed by atoms with E-state index in [4.69, 9.17) is 5.41 Å². The van der Waals surface area contributed by atoms with Crippen molar-refractivity contribution in [3.8, 4) is 0 Å². The maximum absolute atomic E-state index is 14.4. The van der Waals surface area contributed by atoms with E-state index in [2.05, 4.69) is 26.9 Å². The zero-order chi connectivity index (χ0) is 36.1. The number of benzene rings is 3. The summed E-state index contributed by atoms with van der Waals surface area (Å²) in [5, 5.41) is 17.3. The minimum absolute atomic E-state index is 0.00561. The van der Waals surface area contributed by atoms with Gasteiger partial charge in [-0.25, -0.2) is 0 Å². The van der Waals surface area contributed by atoms with Crippen LogP contribution in [-0.2, 0) is 38.6 Å². The van der Waals surface area contributed by atoms with Crippen LogP contribution in [0.4, 0.5) is 5.69 Å². The molecular formula is C41H49N7O4. The predicted molar refractivity (Wildman–Crippen MR) is 200 cm³/mol. The van der Waals surface area contributed by atoms with Gasteiger partial charge in [-0.2, -0.15) is 0 Å². The number of amides is 4. The summed E-state index contributed by atoms with van der Waals surface area (Å²) in [6.07, 6.45) is 8.25. The van der Waals surface area contributed by atoms with Gasteiger partial charge in [0.15, 0.2) is 0 Å². The molecule has 11 heteroatoms.